The molecule has 4 heteroatoms. The van der Waals surface area contributed by atoms with Crippen molar-refractivity contribution < 1.29 is 9.53 Å². The molecular weight excluding hydrogens is 204 g/mol. The molecule has 1 unspecified atom stereocenters. The van der Waals surface area contributed by atoms with Crippen molar-refractivity contribution in [2.24, 2.45) is 7.05 Å². The van der Waals surface area contributed by atoms with E-state index in [4.69, 9.17) is 4.74 Å². The van der Waals surface area contributed by atoms with E-state index in [0.29, 0.717) is 12.8 Å². The molecule has 16 heavy (non-hydrogen) atoms. The zero-order chi connectivity index (χ0) is 12.0. The second-order valence-electron chi connectivity index (χ2n) is 3.93. The Morgan fingerprint density at radius 1 is 1.62 bits per heavy atom. The van der Waals surface area contributed by atoms with Gasteiger partial charge in [0.2, 0.25) is 0 Å². The largest absolute Gasteiger partial charge is 0.374 e. The molecule has 0 aromatic carbocycles. The van der Waals surface area contributed by atoms with Crippen molar-refractivity contribution in [3.63, 3.8) is 0 Å². The molecule has 90 valence electrons. The molecule has 1 aromatic heterocycles. The normalized spacial score (nSPS) is 12.7. The van der Waals surface area contributed by atoms with Gasteiger partial charge in [0.05, 0.1) is 0 Å². The van der Waals surface area contributed by atoms with Gasteiger partial charge in [-0.05, 0) is 6.42 Å². The summed E-state index contributed by atoms with van der Waals surface area (Å²) in [5, 5.41) is 0. The molecule has 0 bridgehead atoms. The van der Waals surface area contributed by atoms with Gasteiger partial charge in [-0.25, -0.2) is 4.98 Å². The Labute approximate surface area is 96.6 Å². The zero-order valence-corrected chi connectivity index (χ0v) is 10.3. The first-order chi connectivity index (χ1) is 7.69. The molecule has 0 spiro atoms. The Morgan fingerprint density at radius 3 is 2.88 bits per heavy atom. The quantitative estimate of drug-likeness (QED) is 0.708. The SMILES string of the molecule is CCCC(OC)C(=O)CCc1nccn1C. The number of carbonyl (C=O) groups excluding carboxylic acids is 1. The third kappa shape index (κ3) is 3.45. The first-order valence-electron chi connectivity index (χ1n) is 5.70. The zero-order valence-electron chi connectivity index (χ0n) is 10.3. The maximum Gasteiger partial charge on any atom is 0.161 e. The van der Waals surface area contributed by atoms with Gasteiger partial charge in [0.1, 0.15) is 11.9 Å². The van der Waals surface area contributed by atoms with Crippen LogP contribution in [0.2, 0.25) is 0 Å². The lowest BCUT2D eigenvalue weighted by atomic mass is 10.1. The topological polar surface area (TPSA) is 44.1 Å². The van der Waals surface area contributed by atoms with Gasteiger partial charge in [-0.3, -0.25) is 4.79 Å². The smallest absolute Gasteiger partial charge is 0.161 e. The van der Waals surface area contributed by atoms with E-state index in [1.54, 1.807) is 13.3 Å². The second-order valence-corrected chi connectivity index (χ2v) is 3.93. The Morgan fingerprint density at radius 2 is 2.38 bits per heavy atom. The molecule has 0 aliphatic rings. The third-order valence-electron chi connectivity index (χ3n) is 2.71. The molecule has 0 fully saturated rings. The standard InChI is InChI=1S/C12H20N2O2/c1-4-5-11(16-3)10(15)6-7-12-13-8-9-14(12)2/h8-9,11H,4-7H2,1-3H3. The summed E-state index contributed by atoms with van der Waals surface area (Å²) in [6.45, 7) is 2.05. The van der Waals surface area contributed by atoms with Crippen LogP contribution in [0.5, 0.6) is 0 Å². The fourth-order valence-electron chi connectivity index (χ4n) is 1.71. The van der Waals surface area contributed by atoms with Crippen LogP contribution in [0.3, 0.4) is 0 Å². The van der Waals surface area contributed by atoms with Crippen LogP contribution in [-0.4, -0.2) is 28.5 Å². The molecule has 0 saturated heterocycles. The fourth-order valence-corrected chi connectivity index (χ4v) is 1.71. The van der Waals surface area contributed by atoms with Crippen molar-refractivity contribution in [3.05, 3.63) is 18.2 Å². The molecule has 1 atom stereocenters. The van der Waals surface area contributed by atoms with Crippen LogP contribution in [0.4, 0.5) is 0 Å². The Bertz CT molecular complexity index is 334. The molecule has 0 aliphatic carbocycles. The average Bonchev–Trinajstić information content (AvgIpc) is 2.68. The summed E-state index contributed by atoms with van der Waals surface area (Å²) in [4.78, 5) is 16.0. The number of aryl methyl sites for hydroxylation is 2. The second kappa shape index (κ2) is 6.43. The van der Waals surface area contributed by atoms with Gasteiger partial charge in [-0.15, -0.1) is 0 Å². The average molecular weight is 224 g/mol. The number of ketones is 1. The van der Waals surface area contributed by atoms with Gasteiger partial charge < -0.3 is 9.30 Å². The van der Waals surface area contributed by atoms with Gasteiger partial charge in [0.25, 0.3) is 0 Å². The highest BCUT2D eigenvalue weighted by Crippen LogP contribution is 2.07. The summed E-state index contributed by atoms with van der Waals surface area (Å²) in [7, 11) is 3.53. The van der Waals surface area contributed by atoms with E-state index in [1.807, 2.05) is 17.8 Å². The summed E-state index contributed by atoms with van der Waals surface area (Å²) in [5.74, 6) is 1.12. The number of hydrogen-bond acceptors (Lipinski definition) is 3. The van der Waals surface area contributed by atoms with Crippen LogP contribution in [-0.2, 0) is 23.0 Å². The monoisotopic (exact) mass is 224 g/mol. The number of rotatable bonds is 7. The minimum atomic E-state index is -0.245. The number of Topliss-reactive ketones (excluding diaryl/α,β-unsaturated/α-hetero) is 1. The number of nitrogens with zero attached hydrogens (tertiary/aromatic N) is 2. The number of imidazole rings is 1. The first kappa shape index (κ1) is 12.9. The van der Waals surface area contributed by atoms with E-state index in [2.05, 4.69) is 11.9 Å². The fraction of sp³-hybridized carbons (Fsp3) is 0.667. The molecular formula is C12H20N2O2. The van der Waals surface area contributed by atoms with Crippen molar-refractivity contribution >= 4 is 5.78 Å². The van der Waals surface area contributed by atoms with E-state index in [0.717, 1.165) is 18.7 Å². The molecule has 0 amide bonds. The van der Waals surface area contributed by atoms with E-state index < -0.39 is 0 Å². The molecule has 0 aliphatic heterocycles. The molecule has 0 N–H and O–H groups in total. The number of aromatic nitrogens is 2. The molecule has 0 saturated carbocycles. The van der Waals surface area contributed by atoms with Crippen molar-refractivity contribution in [1.82, 2.24) is 9.55 Å². The lowest BCUT2D eigenvalue weighted by Gasteiger charge is -2.12. The lowest BCUT2D eigenvalue weighted by Crippen LogP contribution is -2.23. The Hall–Kier alpha value is -1.16. The summed E-state index contributed by atoms with van der Waals surface area (Å²) < 4.78 is 7.12. The number of hydrogen-bond donors (Lipinski definition) is 0. The van der Waals surface area contributed by atoms with Gasteiger partial charge in [0.15, 0.2) is 5.78 Å². The maximum absolute atomic E-state index is 11.8. The third-order valence-corrected chi connectivity index (χ3v) is 2.71. The van der Waals surface area contributed by atoms with Crippen LogP contribution in [0.25, 0.3) is 0 Å². The predicted molar refractivity (Wildman–Crippen MR) is 62.2 cm³/mol. The Balaban J connectivity index is 2.42. The highest BCUT2D eigenvalue weighted by Gasteiger charge is 2.16. The van der Waals surface area contributed by atoms with Crippen molar-refractivity contribution in [1.29, 1.82) is 0 Å². The number of ether oxygens (including phenoxy) is 1. The molecule has 1 rings (SSSR count). The van der Waals surface area contributed by atoms with Crippen LogP contribution >= 0.6 is 0 Å². The number of carbonyl (C=O) groups is 1. The summed E-state index contributed by atoms with van der Waals surface area (Å²) in [5.41, 5.74) is 0. The minimum Gasteiger partial charge on any atom is -0.374 e. The van der Waals surface area contributed by atoms with Gasteiger partial charge >= 0.3 is 0 Å². The molecule has 1 aromatic rings. The maximum atomic E-state index is 11.8. The summed E-state index contributed by atoms with van der Waals surface area (Å²) in [6.07, 6.45) is 6.35. The van der Waals surface area contributed by atoms with Crippen molar-refractivity contribution in [2.75, 3.05) is 7.11 Å². The molecule has 1 heterocycles. The van der Waals surface area contributed by atoms with Crippen LogP contribution in [0, 0.1) is 0 Å². The van der Waals surface area contributed by atoms with E-state index in [1.165, 1.54) is 0 Å². The minimum absolute atomic E-state index is 0.173. The lowest BCUT2D eigenvalue weighted by molar-refractivity contribution is -0.129. The summed E-state index contributed by atoms with van der Waals surface area (Å²) >= 11 is 0. The van der Waals surface area contributed by atoms with Crippen molar-refractivity contribution in [3.8, 4) is 0 Å². The van der Waals surface area contributed by atoms with Gasteiger partial charge in [-0.2, -0.15) is 0 Å². The van der Waals surface area contributed by atoms with Crippen molar-refractivity contribution in [2.45, 2.75) is 38.7 Å². The van der Waals surface area contributed by atoms with Crippen LogP contribution in [0.15, 0.2) is 12.4 Å². The van der Waals surface area contributed by atoms with Crippen LogP contribution < -0.4 is 0 Å². The van der Waals surface area contributed by atoms with E-state index in [-0.39, 0.29) is 11.9 Å². The summed E-state index contributed by atoms with van der Waals surface area (Å²) in [6, 6.07) is 0. The van der Waals surface area contributed by atoms with Crippen LogP contribution in [0.1, 0.15) is 32.0 Å². The highest BCUT2D eigenvalue weighted by atomic mass is 16.5. The molecule has 0 radical (unpaired) electrons. The Kier molecular flexibility index (Phi) is 5.19. The van der Waals surface area contributed by atoms with E-state index >= 15 is 0 Å². The van der Waals surface area contributed by atoms with E-state index in [9.17, 15) is 4.79 Å². The first-order valence-corrected chi connectivity index (χ1v) is 5.70. The molecule has 4 nitrogen and oxygen atoms in total. The number of methoxy groups -OCH3 is 1. The van der Waals surface area contributed by atoms with Gasteiger partial charge in [-0.1, -0.05) is 13.3 Å². The predicted octanol–water partition coefficient (Wildman–Crippen LogP) is 1.74. The highest BCUT2D eigenvalue weighted by molar-refractivity contribution is 5.83. The van der Waals surface area contributed by atoms with Gasteiger partial charge in [0, 0.05) is 39.4 Å².